The summed E-state index contributed by atoms with van der Waals surface area (Å²) in [5.74, 6) is 0.431. The van der Waals surface area contributed by atoms with Crippen molar-refractivity contribution in [2.75, 3.05) is 16.4 Å². The number of amides is 2. The minimum atomic E-state index is -0.181. The van der Waals surface area contributed by atoms with E-state index in [9.17, 15) is 9.59 Å². The Kier molecular flexibility index (Phi) is 5.66. The molecule has 2 N–H and O–H groups in total. The molecule has 4 aromatic rings. The number of hydrogen-bond acceptors (Lipinski definition) is 7. The van der Waals surface area contributed by atoms with Gasteiger partial charge in [-0.3, -0.25) is 14.6 Å². The minimum absolute atomic E-state index is 0.171. The van der Waals surface area contributed by atoms with Gasteiger partial charge in [0.1, 0.15) is 5.03 Å². The Balaban J connectivity index is 1.43. The Morgan fingerprint density at radius 2 is 1.77 bits per heavy atom. The first-order chi connectivity index (χ1) is 14.6. The summed E-state index contributed by atoms with van der Waals surface area (Å²) in [5, 5.41) is 19.0. The highest BCUT2D eigenvalue weighted by Gasteiger charge is 2.11. The molecule has 0 aliphatic carbocycles. The number of benzene rings is 1. The highest BCUT2D eigenvalue weighted by Crippen LogP contribution is 2.21. The monoisotopic (exact) mass is 419 g/mol. The molecule has 10 heteroatoms. The third kappa shape index (κ3) is 4.61. The maximum Gasteiger partial charge on any atom is 0.234 e. The van der Waals surface area contributed by atoms with E-state index in [1.807, 2.05) is 18.2 Å². The fourth-order valence-electron chi connectivity index (χ4n) is 2.74. The van der Waals surface area contributed by atoms with Crippen LogP contribution in [-0.4, -0.2) is 42.4 Å². The molecule has 0 spiro atoms. The summed E-state index contributed by atoms with van der Waals surface area (Å²) in [6.07, 6.45) is 3.36. The molecule has 9 nitrogen and oxygen atoms in total. The second-order valence-corrected chi connectivity index (χ2v) is 7.30. The van der Waals surface area contributed by atoms with Gasteiger partial charge >= 0.3 is 0 Å². The van der Waals surface area contributed by atoms with Crippen LogP contribution in [-0.2, 0) is 9.59 Å². The van der Waals surface area contributed by atoms with Gasteiger partial charge in [-0.1, -0.05) is 17.8 Å². The molecule has 3 heterocycles. The average molecular weight is 419 g/mol. The molecule has 0 unspecified atom stereocenters. The van der Waals surface area contributed by atoms with Gasteiger partial charge in [-0.2, -0.15) is 9.61 Å². The molecule has 3 aromatic heterocycles. The van der Waals surface area contributed by atoms with Gasteiger partial charge in [0.2, 0.25) is 11.8 Å². The van der Waals surface area contributed by atoms with Gasteiger partial charge in [-0.15, -0.1) is 10.2 Å². The van der Waals surface area contributed by atoms with E-state index in [0.29, 0.717) is 27.9 Å². The highest BCUT2D eigenvalue weighted by atomic mass is 32.2. The zero-order valence-corrected chi connectivity index (χ0v) is 16.8. The number of thioether (sulfide) groups is 1. The van der Waals surface area contributed by atoms with Crippen LogP contribution in [0.15, 0.2) is 66.0 Å². The number of pyridine rings is 1. The maximum absolute atomic E-state index is 12.3. The third-order valence-corrected chi connectivity index (χ3v) is 4.91. The molecule has 0 bridgehead atoms. The van der Waals surface area contributed by atoms with Crippen LogP contribution in [0.4, 0.5) is 11.4 Å². The van der Waals surface area contributed by atoms with Crippen molar-refractivity contribution in [3.8, 4) is 11.4 Å². The van der Waals surface area contributed by atoms with Crippen molar-refractivity contribution in [2.45, 2.75) is 11.9 Å². The third-order valence-electron chi connectivity index (χ3n) is 3.99. The molecule has 30 heavy (non-hydrogen) atoms. The standard InChI is InChI=1S/C20H17N7O2S/c1-13(28)22-15-3-2-4-16(11-15)23-18(29)12-30-19-6-5-17-24-25-20(27(17)26-19)14-7-9-21-10-8-14/h2-11H,12H2,1H3,(H,22,28)(H,23,29). The summed E-state index contributed by atoms with van der Waals surface area (Å²) in [4.78, 5) is 27.5. The fraction of sp³-hybridized carbons (Fsp3) is 0.100. The lowest BCUT2D eigenvalue weighted by atomic mass is 10.2. The lowest BCUT2D eigenvalue weighted by Gasteiger charge is -2.08. The van der Waals surface area contributed by atoms with Crippen molar-refractivity contribution < 1.29 is 9.59 Å². The molecule has 0 saturated carbocycles. The summed E-state index contributed by atoms with van der Waals surface area (Å²) in [6, 6.07) is 14.3. The van der Waals surface area contributed by atoms with Crippen LogP contribution in [0.5, 0.6) is 0 Å². The normalized spacial score (nSPS) is 10.7. The fourth-order valence-corrected chi connectivity index (χ4v) is 3.40. The quantitative estimate of drug-likeness (QED) is 0.462. The van der Waals surface area contributed by atoms with Crippen molar-refractivity contribution in [3.05, 3.63) is 60.9 Å². The Labute approximate surface area is 175 Å². The van der Waals surface area contributed by atoms with E-state index >= 15 is 0 Å². The smallest absolute Gasteiger partial charge is 0.234 e. The molecule has 0 radical (unpaired) electrons. The van der Waals surface area contributed by atoms with Crippen LogP contribution in [0.1, 0.15) is 6.92 Å². The first-order valence-corrected chi connectivity index (χ1v) is 10.0. The molecule has 0 atom stereocenters. The Morgan fingerprint density at radius 3 is 2.53 bits per heavy atom. The second kappa shape index (κ2) is 8.70. The van der Waals surface area contributed by atoms with Crippen molar-refractivity contribution >= 4 is 40.6 Å². The second-order valence-electron chi connectivity index (χ2n) is 6.30. The SMILES string of the molecule is CC(=O)Nc1cccc(NC(=O)CSc2ccc3nnc(-c4ccncc4)n3n2)c1. The number of hydrogen-bond donors (Lipinski definition) is 2. The minimum Gasteiger partial charge on any atom is -0.326 e. The van der Waals surface area contributed by atoms with E-state index < -0.39 is 0 Å². The van der Waals surface area contributed by atoms with Crippen LogP contribution >= 0.6 is 11.8 Å². The van der Waals surface area contributed by atoms with Crippen LogP contribution in [0, 0.1) is 0 Å². The van der Waals surface area contributed by atoms with Gasteiger partial charge in [0.05, 0.1) is 5.75 Å². The van der Waals surface area contributed by atoms with Crippen molar-refractivity contribution in [1.29, 1.82) is 0 Å². The van der Waals surface area contributed by atoms with Crippen molar-refractivity contribution in [2.24, 2.45) is 0 Å². The zero-order valence-electron chi connectivity index (χ0n) is 15.9. The van der Waals surface area contributed by atoms with E-state index in [0.717, 1.165) is 5.56 Å². The molecule has 0 saturated heterocycles. The van der Waals surface area contributed by atoms with Crippen LogP contribution in [0.25, 0.3) is 17.0 Å². The molecule has 4 rings (SSSR count). The van der Waals surface area contributed by atoms with E-state index in [-0.39, 0.29) is 17.6 Å². The van der Waals surface area contributed by atoms with E-state index in [2.05, 4.69) is 30.9 Å². The van der Waals surface area contributed by atoms with E-state index in [1.165, 1.54) is 18.7 Å². The maximum atomic E-state index is 12.3. The van der Waals surface area contributed by atoms with E-state index in [1.54, 1.807) is 47.2 Å². The molecule has 150 valence electrons. The number of carbonyl (C=O) groups is 2. The number of anilines is 2. The summed E-state index contributed by atoms with van der Waals surface area (Å²) < 4.78 is 1.65. The van der Waals surface area contributed by atoms with E-state index in [4.69, 9.17) is 0 Å². The van der Waals surface area contributed by atoms with Gasteiger partial charge in [0.25, 0.3) is 0 Å². The summed E-state index contributed by atoms with van der Waals surface area (Å²) in [7, 11) is 0. The predicted octanol–water partition coefficient (Wildman–Crippen LogP) is 2.88. The largest absolute Gasteiger partial charge is 0.326 e. The molecule has 0 aliphatic heterocycles. The molecule has 1 aromatic carbocycles. The summed E-state index contributed by atoms with van der Waals surface area (Å²) in [6.45, 7) is 1.43. The Morgan fingerprint density at radius 1 is 1.00 bits per heavy atom. The van der Waals surface area contributed by atoms with Gasteiger partial charge in [0, 0.05) is 36.3 Å². The van der Waals surface area contributed by atoms with Gasteiger partial charge < -0.3 is 10.6 Å². The van der Waals surface area contributed by atoms with Gasteiger partial charge in [-0.05, 0) is 42.5 Å². The van der Waals surface area contributed by atoms with Crippen LogP contribution in [0.3, 0.4) is 0 Å². The van der Waals surface area contributed by atoms with Gasteiger partial charge in [0.15, 0.2) is 11.5 Å². The van der Waals surface area contributed by atoms with Crippen molar-refractivity contribution in [3.63, 3.8) is 0 Å². The van der Waals surface area contributed by atoms with Crippen LogP contribution < -0.4 is 10.6 Å². The summed E-state index contributed by atoms with van der Waals surface area (Å²) in [5.41, 5.74) is 2.69. The molecule has 2 amide bonds. The van der Waals surface area contributed by atoms with Crippen molar-refractivity contribution in [1.82, 2.24) is 24.8 Å². The number of fused-ring (bicyclic) bond motifs is 1. The first kappa shape index (κ1) is 19.5. The Hall–Kier alpha value is -3.79. The number of rotatable bonds is 6. The van der Waals surface area contributed by atoms with Gasteiger partial charge in [-0.25, -0.2) is 0 Å². The zero-order chi connectivity index (χ0) is 20.9. The Bertz CT molecular complexity index is 1210. The number of nitrogens with one attached hydrogen (secondary N) is 2. The number of aromatic nitrogens is 5. The molecular formula is C20H17N7O2S. The molecular weight excluding hydrogens is 402 g/mol. The number of nitrogens with zero attached hydrogens (tertiary/aromatic N) is 5. The average Bonchev–Trinajstić information content (AvgIpc) is 3.16. The first-order valence-electron chi connectivity index (χ1n) is 9.02. The predicted molar refractivity (Wildman–Crippen MR) is 114 cm³/mol. The topological polar surface area (TPSA) is 114 Å². The molecule has 0 fully saturated rings. The number of carbonyl (C=O) groups excluding carboxylic acids is 2. The summed E-state index contributed by atoms with van der Waals surface area (Å²) >= 11 is 1.30. The highest BCUT2D eigenvalue weighted by molar-refractivity contribution is 7.99. The molecule has 0 aliphatic rings. The van der Waals surface area contributed by atoms with Crippen LogP contribution in [0.2, 0.25) is 0 Å². The lowest BCUT2D eigenvalue weighted by Crippen LogP contribution is -2.14. The lowest BCUT2D eigenvalue weighted by molar-refractivity contribution is -0.114.